The van der Waals surface area contributed by atoms with Crippen LogP contribution < -0.4 is 10.2 Å². The maximum absolute atomic E-state index is 13.1. The molecule has 0 radical (unpaired) electrons. The summed E-state index contributed by atoms with van der Waals surface area (Å²) in [4.78, 5) is 13.0. The van der Waals surface area contributed by atoms with Gasteiger partial charge in [-0.15, -0.1) is 11.8 Å². The predicted octanol–water partition coefficient (Wildman–Crippen LogP) is 2.50. The number of carbonyl (C=O) groups excluding carboxylic acids is 1. The minimum Gasteiger partial charge on any atom is -0.497 e. The first-order chi connectivity index (χ1) is 12.8. The van der Waals surface area contributed by atoms with Crippen LogP contribution in [0.3, 0.4) is 0 Å². The highest BCUT2D eigenvalue weighted by Crippen LogP contribution is 2.24. The SMILES string of the molecule is COc1ccc(S(=O)(=O)N(Cc2ccc(SC)cc2)[C@H](C)C(=O)NO)cc1. The van der Waals surface area contributed by atoms with Crippen LogP contribution in [0.25, 0.3) is 0 Å². The molecule has 0 fully saturated rings. The molecule has 146 valence electrons. The van der Waals surface area contributed by atoms with E-state index < -0.39 is 22.0 Å². The second kappa shape index (κ2) is 9.23. The summed E-state index contributed by atoms with van der Waals surface area (Å²) in [5.41, 5.74) is 2.25. The highest BCUT2D eigenvalue weighted by Gasteiger charge is 2.33. The van der Waals surface area contributed by atoms with Gasteiger partial charge in [0.25, 0.3) is 5.91 Å². The number of hydroxylamine groups is 1. The molecule has 0 spiro atoms. The van der Waals surface area contributed by atoms with Gasteiger partial charge in [-0.1, -0.05) is 12.1 Å². The van der Waals surface area contributed by atoms with Gasteiger partial charge in [-0.25, -0.2) is 13.9 Å². The molecule has 0 saturated carbocycles. The van der Waals surface area contributed by atoms with Crippen molar-refractivity contribution in [3.05, 3.63) is 54.1 Å². The molecular formula is C18H22N2O5S2. The molecule has 0 bridgehead atoms. The number of methoxy groups -OCH3 is 1. The van der Waals surface area contributed by atoms with Crippen LogP contribution in [0.15, 0.2) is 58.3 Å². The Hall–Kier alpha value is -2.07. The van der Waals surface area contributed by atoms with E-state index in [-0.39, 0.29) is 11.4 Å². The second-order valence-corrected chi connectivity index (χ2v) is 8.50. The van der Waals surface area contributed by atoms with Gasteiger partial charge in [0.1, 0.15) is 11.8 Å². The summed E-state index contributed by atoms with van der Waals surface area (Å²) < 4.78 is 32.4. The first-order valence-corrected chi connectivity index (χ1v) is 10.7. The van der Waals surface area contributed by atoms with Crippen molar-refractivity contribution in [2.45, 2.75) is 29.3 Å². The van der Waals surface area contributed by atoms with E-state index in [1.54, 1.807) is 11.8 Å². The zero-order valence-electron chi connectivity index (χ0n) is 15.2. The predicted molar refractivity (Wildman–Crippen MR) is 103 cm³/mol. The summed E-state index contributed by atoms with van der Waals surface area (Å²) >= 11 is 1.58. The van der Waals surface area contributed by atoms with Crippen molar-refractivity contribution < 1.29 is 23.2 Å². The number of amides is 1. The third-order valence-electron chi connectivity index (χ3n) is 4.09. The van der Waals surface area contributed by atoms with E-state index in [1.807, 2.05) is 30.5 Å². The van der Waals surface area contributed by atoms with Gasteiger partial charge in [0, 0.05) is 11.4 Å². The minimum atomic E-state index is -3.99. The van der Waals surface area contributed by atoms with E-state index in [0.717, 1.165) is 14.8 Å². The Balaban J connectivity index is 2.41. The number of nitrogens with zero attached hydrogens (tertiary/aromatic N) is 1. The van der Waals surface area contributed by atoms with Crippen LogP contribution in [0.5, 0.6) is 5.75 Å². The lowest BCUT2D eigenvalue weighted by atomic mass is 10.2. The third-order valence-corrected chi connectivity index (χ3v) is 6.76. The number of rotatable bonds is 8. The van der Waals surface area contributed by atoms with Crippen LogP contribution in [-0.2, 0) is 21.4 Å². The van der Waals surface area contributed by atoms with Gasteiger partial charge in [0.15, 0.2) is 0 Å². The van der Waals surface area contributed by atoms with Crippen LogP contribution in [0.2, 0.25) is 0 Å². The van der Waals surface area contributed by atoms with Gasteiger partial charge in [0.05, 0.1) is 12.0 Å². The summed E-state index contributed by atoms with van der Waals surface area (Å²) in [5.74, 6) is -0.290. The zero-order chi connectivity index (χ0) is 20.0. The number of hydrogen-bond donors (Lipinski definition) is 2. The maximum Gasteiger partial charge on any atom is 0.261 e. The Bertz CT molecular complexity index is 868. The molecule has 0 aliphatic carbocycles. The van der Waals surface area contributed by atoms with Crippen molar-refractivity contribution in [1.82, 2.24) is 9.79 Å². The molecule has 1 amide bonds. The van der Waals surface area contributed by atoms with E-state index in [9.17, 15) is 13.2 Å². The van der Waals surface area contributed by atoms with Crippen LogP contribution in [0.1, 0.15) is 12.5 Å². The summed E-state index contributed by atoms with van der Waals surface area (Å²) in [7, 11) is -2.51. The minimum absolute atomic E-state index is 0.0163. The van der Waals surface area contributed by atoms with E-state index in [0.29, 0.717) is 5.75 Å². The summed E-state index contributed by atoms with van der Waals surface area (Å²) in [5, 5.41) is 8.95. The summed E-state index contributed by atoms with van der Waals surface area (Å²) in [6.45, 7) is 1.40. The summed E-state index contributed by atoms with van der Waals surface area (Å²) in [6, 6.07) is 12.2. The van der Waals surface area contributed by atoms with Gasteiger partial charge in [-0.2, -0.15) is 4.31 Å². The number of thioether (sulfide) groups is 1. The number of nitrogens with one attached hydrogen (secondary N) is 1. The Labute approximate surface area is 163 Å². The van der Waals surface area contributed by atoms with Crippen molar-refractivity contribution in [2.24, 2.45) is 0 Å². The smallest absolute Gasteiger partial charge is 0.261 e. The molecule has 2 rings (SSSR count). The number of hydrogen-bond acceptors (Lipinski definition) is 6. The molecule has 0 heterocycles. The lowest BCUT2D eigenvalue weighted by Crippen LogP contribution is -2.46. The van der Waals surface area contributed by atoms with Crippen molar-refractivity contribution in [2.75, 3.05) is 13.4 Å². The van der Waals surface area contributed by atoms with Crippen LogP contribution in [-0.4, -0.2) is 43.2 Å². The number of carbonyl (C=O) groups is 1. The van der Waals surface area contributed by atoms with Crippen molar-refractivity contribution in [1.29, 1.82) is 0 Å². The topological polar surface area (TPSA) is 95.9 Å². The molecule has 9 heteroatoms. The van der Waals surface area contributed by atoms with Crippen LogP contribution >= 0.6 is 11.8 Å². The lowest BCUT2D eigenvalue weighted by molar-refractivity contribution is -0.132. The molecule has 2 aromatic rings. The zero-order valence-corrected chi connectivity index (χ0v) is 16.9. The number of ether oxygens (including phenoxy) is 1. The van der Waals surface area contributed by atoms with Gasteiger partial charge in [-0.05, 0) is 55.1 Å². The Morgan fingerprint density at radius 1 is 1.19 bits per heavy atom. The molecule has 0 aromatic heterocycles. The largest absolute Gasteiger partial charge is 0.497 e. The fraction of sp³-hybridized carbons (Fsp3) is 0.278. The Morgan fingerprint density at radius 2 is 1.78 bits per heavy atom. The maximum atomic E-state index is 13.1. The normalized spacial score (nSPS) is 12.6. The van der Waals surface area contributed by atoms with Crippen molar-refractivity contribution >= 4 is 27.7 Å². The molecule has 0 unspecified atom stereocenters. The Kier molecular flexibility index (Phi) is 7.25. The highest BCUT2D eigenvalue weighted by atomic mass is 32.2. The molecular weight excluding hydrogens is 388 g/mol. The third kappa shape index (κ3) is 5.01. The molecule has 0 aliphatic rings. The van der Waals surface area contributed by atoms with Gasteiger partial charge >= 0.3 is 0 Å². The molecule has 1 atom stereocenters. The lowest BCUT2D eigenvalue weighted by Gasteiger charge is -2.27. The average molecular weight is 411 g/mol. The molecule has 7 nitrogen and oxygen atoms in total. The van der Waals surface area contributed by atoms with Crippen molar-refractivity contribution in [3.8, 4) is 5.75 Å². The number of sulfonamides is 1. The quantitative estimate of drug-likeness (QED) is 0.394. The fourth-order valence-electron chi connectivity index (χ4n) is 2.45. The van der Waals surface area contributed by atoms with E-state index in [4.69, 9.17) is 9.94 Å². The summed E-state index contributed by atoms with van der Waals surface area (Å²) in [6.07, 6.45) is 1.95. The van der Waals surface area contributed by atoms with E-state index >= 15 is 0 Å². The van der Waals surface area contributed by atoms with E-state index in [1.165, 1.54) is 43.8 Å². The fourth-order valence-corrected chi connectivity index (χ4v) is 4.44. The molecule has 2 aromatic carbocycles. The van der Waals surface area contributed by atoms with Gasteiger partial charge in [-0.3, -0.25) is 10.0 Å². The molecule has 0 saturated heterocycles. The molecule has 0 aliphatic heterocycles. The van der Waals surface area contributed by atoms with Crippen molar-refractivity contribution in [3.63, 3.8) is 0 Å². The van der Waals surface area contributed by atoms with E-state index in [2.05, 4.69) is 0 Å². The van der Waals surface area contributed by atoms with Crippen LogP contribution in [0, 0.1) is 0 Å². The second-order valence-electron chi connectivity index (χ2n) is 5.73. The number of benzene rings is 2. The standard InChI is InChI=1S/C18H22N2O5S2/c1-13(18(21)19-22)20(12-14-4-8-16(26-3)9-5-14)27(23,24)17-10-6-15(25-2)7-11-17/h4-11,13,22H,12H2,1-3H3,(H,19,21)/t13-/m1/s1. The first-order valence-electron chi connectivity index (χ1n) is 8.06. The highest BCUT2D eigenvalue weighted by molar-refractivity contribution is 7.98. The molecule has 27 heavy (non-hydrogen) atoms. The van der Waals surface area contributed by atoms with Gasteiger partial charge < -0.3 is 4.74 Å². The van der Waals surface area contributed by atoms with Gasteiger partial charge in [0.2, 0.25) is 10.0 Å². The molecule has 2 N–H and O–H groups in total. The first kappa shape index (κ1) is 21.2. The monoisotopic (exact) mass is 410 g/mol. The Morgan fingerprint density at radius 3 is 2.26 bits per heavy atom. The average Bonchev–Trinajstić information content (AvgIpc) is 2.71. The van der Waals surface area contributed by atoms with Crippen LogP contribution in [0.4, 0.5) is 0 Å².